The van der Waals surface area contributed by atoms with Crippen molar-refractivity contribution in [3.63, 3.8) is 0 Å². The second-order valence-corrected chi connectivity index (χ2v) is 3.93. The summed E-state index contributed by atoms with van der Waals surface area (Å²) in [7, 11) is 0. The second kappa shape index (κ2) is 5.99. The lowest BCUT2D eigenvalue weighted by Gasteiger charge is -2.07. The van der Waals surface area contributed by atoms with E-state index < -0.39 is 5.97 Å². The Morgan fingerprint density at radius 2 is 2.11 bits per heavy atom. The fourth-order valence-electron chi connectivity index (χ4n) is 1.80. The quantitative estimate of drug-likeness (QED) is 0.855. The molecule has 0 aliphatic rings. The van der Waals surface area contributed by atoms with Crippen molar-refractivity contribution in [1.29, 1.82) is 0 Å². The van der Waals surface area contributed by atoms with E-state index in [1.807, 2.05) is 37.3 Å². The van der Waals surface area contributed by atoms with Gasteiger partial charge in [-0.25, -0.2) is 9.48 Å². The van der Waals surface area contributed by atoms with Crippen molar-refractivity contribution in [3.05, 3.63) is 41.7 Å². The van der Waals surface area contributed by atoms with Crippen LogP contribution in [0.1, 0.15) is 23.1 Å². The molecule has 2 aromatic rings. The van der Waals surface area contributed by atoms with Crippen LogP contribution >= 0.6 is 0 Å². The number of benzene rings is 1. The van der Waals surface area contributed by atoms with E-state index >= 15 is 0 Å². The van der Waals surface area contributed by atoms with Crippen molar-refractivity contribution < 1.29 is 14.6 Å². The first-order valence-corrected chi connectivity index (χ1v) is 6.06. The molecule has 1 heterocycles. The van der Waals surface area contributed by atoms with Gasteiger partial charge in [-0.1, -0.05) is 30.3 Å². The van der Waals surface area contributed by atoms with Gasteiger partial charge in [-0.15, -0.1) is 5.10 Å². The lowest BCUT2D eigenvalue weighted by Crippen LogP contribution is -2.13. The Morgan fingerprint density at radius 1 is 1.37 bits per heavy atom. The summed E-state index contributed by atoms with van der Waals surface area (Å²) in [6, 6.07) is 9.43. The van der Waals surface area contributed by atoms with E-state index in [0.29, 0.717) is 25.3 Å². The van der Waals surface area contributed by atoms with Crippen molar-refractivity contribution in [2.45, 2.75) is 19.9 Å². The van der Waals surface area contributed by atoms with E-state index in [0.717, 1.165) is 5.75 Å². The van der Waals surface area contributed by atoms with Crippen LogP contribution in [0, 0.1) is 0 Å². The largest absolute Gasteiger partial charge is 0.492 e. The fourth-order valence-corrected chi connectivity index (χ4v) is 1.80. The van der Waals surface area contributed by atoms with Gasteiger partial charge in [0.1, 0.15) is 12.4 Å². The summed E-state index contributed by atoms with van der Waals surface area (Å²) < 4.78 is 7.12. The third-order valence-corrected chi connectivity index (χ3v) is 2.69. The summed E-state index contributed by atoms with van der Waals surface area (Å²) in [6.07, 6.45) is 0.569. The van der Waals surface area contributed by atoms with Gasteiger partial charge in [-0.05, 0) is 18.6 Å². The summed E-state index contributed by atoms with van der Waals surface area (Å²) in [5.41, 5.74) is 0.631. The van der Waals surface area contributed by atoms with E-state index in [-0.39, 0.29) is 5.69 Å². The number of carboxylic acids is 1. The average Bonchev–Trinajstić information content (AvgIpc) is 2.83. The number of carbonyl (C=O) groups is 1. The fraction of sp³-hybridized carbons (Fsp3) is 0.308. The Kier molecular flexibility index (Phi) is 4.12. The molecular formula is C13H15N3O3. The molecule has 0 amide bonds. The number of para-hydroxylation sites is 1. The highest BCUT2D eigenvalue weighted by atomic mass is 16.5. The van der Waals surface area contributed by atoms with Crippen LogP contribution in [-0.4, -0.2) is 32.7 Å². The maximum Gasteiger partial charge on any atom is 0.358 e. The van der Waals surface area contributed by atoms with Crippen molar-refractivity contribution in [2.75, 3.05) is 6.61 Å². The van der Waals surface area contributed by atoms with Gasteiger partial charge >= 0.3 is 5.97 Å². The molecule has 0 radical (unpaired) electrons. The molecule has 1 aromatic carbocycles. The molecule has 6 nitrogen and oxygen atoms in total. The lowest BCUT2D eigenvalue weighted by molar-refractivity contribution is 0.0689. The molecule has 1 N–H and O–H groups in total. The molecule has 0 aliphatic heterocycles. The second-order valence-electron chi connectivity index (χ2n) is 3.93. The average molecular weight is 261 g/mol. The Hall–Kier alpha value is -2.37. The monoisotopic (exact) mass is 261 g/mol. The Labute approximate surface area is 110 Å². The van der Waals surface area contributed by atoms with Gasteiger partial charge in [0.15, 0.2) is 5.69 Å². The molecule has 0 unspecified atom stereocenters. The van der Waals surface area contributed by atoms with Gasteiger partial charge in [0.05, 0.1) is 12.2 Å². The Morgan fingerprint density at radius 3 is 2.74 bits per heavy atom. The van der Waals surface area contributed by atoms with E-state index in [1.54, 1.807) is 4.68 Å². The number of nitrogens with zero attached hydrogens (tertiary/aromatic N) is 3. The van der Waals surface area contributed by atoms with Crippen molar-refractivity contribution >= 4 is 5.97 Å². The molecule has 0 aliphatic carbocycles. The van der Waals surface area contributed by atoms with Crippen LogP contribution in [0.2, 0.25) is 0 Å². The highest BCUT2D eigenvalue weighted by molar-refractivity contribution is 5.86. The third-order valence-electron chi connectivity index (χ3n) is 2.69. The molecule has 0 saturated carbocycles. The summed E-state index contributed by atoms with van der Waals surface area (Å²) in [4.78, 5) is 10.9. The van der Waals surface area contributed by atoms with Crippen LogP contribution in [0.15, 0.2) is 30.3 Å². The molecular weight excluding hydrogens is 246 g/mol. The van der Waals surface area contributed by atoms with Crippen LogP contribution in [0.25, 0.3) is 0 Å². The number of hydrogen-bond donors (Lipinski definition) is 1. The highest BCUT2D eigenvalue weighted by Gasteiger charge is 2.16. The van der Waals surface area contributed by atoms with Crippen LogP contribution in [0.3, 0.4) is 0 Å². The highest BCUT2D eigenvalue weighted by Crippen LogP contribution is 2.09. The first kappa shape index (κ1) is 13.1. The number of ether oxygens (including phenoxy) is 1. The number of hydrogen-bond acceptors (Lipinski definition) is 4. The summed E-state index contributed by atoms with van der Waals surface area (Å²) >= 11 is 0. The first-order chi connectivity index (χ1) is 9.22. The molecule has 2 rings (SSSR count). The van der Waals surface area contributed by atoms with Crippen molar-refractivity contribution in [1.82, 2.24) is 15.0 Å². The van der Waals surface area contributed by atoms with E-state index in [1.165, 1.54) is 0 Å². The molecule has 6 heteroatoms. The standard InChI is InChI=1S/C13H15N3O3/c1-2-11-12(13(17)18)14-15-16(11)8-9-19-10-6-4-3-5-7-10/h3-7H,2,8-9H2,1H3,(H,17,18). The van der Waals surface area contributed by atoms with E-state index in [9.17, 15) is 4.79 Å². The number of aromatic nitrogens is 3. The van der Waals surface area contributed by atoms with Gasteiger partial charge in [0.2, 0.25) is 0 Å². The number of aromatic carboxylic acids is 1. The lowest BCUT2D eigenvalue weighted by atomic mass is 10.2. The minimum atomic E-state index is -1.05. The maximum absolute atomic E-state index is 10.9. The van der Waals surface area contributed by atoms with Gasteiger partial charge in [-0.2, -0.15) is 0 Å². The summed E-state index contributed by atoms with van der Waals surface area (Å²) in [5, 5.41) is 16.5. The zero-order valence-electron chi connectivity index (χ0n) is 10.6. The molecule has 19 heavy (non-hydrogen) atoms. The van der Waals surface area contributed by atoms with Crippen LogP contribution in [0.4, 0.5) is 0 Å². The zero-order chi connectivity index (χ0) is 13.7. The summed E-state index contributed by atoms with van der Waals surface area (Å²) in [6.45, 7) is 2.76. The molecule has 0 atom stereocenters. The van der Waals surface area contributed by atoms with E-state index in [4.69, 9.17) is 9.84 Å². The molecule has 1 aromatic heterocycles. The number of carboxylic acid groups (broad SMARTS) is 1. The van der Waals surface area contributed by atoms with Gasteiger partial charge in [0, 0.05) is 0 Å². The normalized spacial score (nSPS) is 10.4. The van der Waals surface area contributed by atoms with Gasteiger partial charge < -0.3 is 9.84 Å². The van der Waals surface area contributed by atoms with Crippen LogP contribution < -0.4 is 4.74 Å². The minimum absolute atomic E-state index is 0.0159. The van der Waals surface area contributed by atoms with E-state index in [2.05, 4.69) is 10.3 Å². The molecule has 0 bridgehead atoms. The molecule has 0 saturated heterocycles. The Balaban J connectivity index is 1.98. The third kappa shape index (κ3) is 3.09. The van der Waals surface area contributed by atoms with Crippen LogP contribution in [0.5, 0.6) is 5.75 Å². The SMILES string of the molecule is CCc1c(C(=O)O)nnn1CCOc1ccccc1. The predicted molar refractivity (Wildman–Crippen MR) is 68.3 cm³/mol. The van der Waals surface area contributed by atoms with Crippen LogP contribution in [-0.2, 0) is 13.0 Å². The molecule has 100 valence electrons. The minimum Gasteiger partial charge on any atom is -0.492 e. The first-order valence-electron chi connectivity index (χ1n) is 6.06. The smallest absolute Gasteiger partial charge is 0.358 e. The summed E-state index contributed by atoms with van der Waals surface area (Å²) in [5.74, 6) is -0.272. The molecule has 0 spiro atoms. The molecule has 0 fully saturated rings. The Bertz CT molecular complexity index is 552. The topological polar surface area (TPSA) is 77.2 Å². The zero-order valence-corrected chi connectivity index (χ0v) is 10.6. The predicted octanol–water partition coefficient (Wildman–Crippen LogP) is 1.62. The van der Waals surface area contributed by atoms with Gasteiger partial charge in [-0.3, -0.25) is 0 Å². The van der Waals surface area contributed by atoms with Gasteiger partial charge in [0.25, 0.3) is 0 Å². The van der Waals surface area contributed by atoms with Crippen molar-refractivity contribution in [3.8, 4) is 5.75 Å². The van der Waals surface area contributed by atoms with Crippen molar-refractivity contribution in [2.24, 2.45) is 0 Å². The maximum atomic E-state index is 10.9. The number of rotatable bonds is 6.